The first kappa shape index (κ1) is 20.2. The lowest BCUT2D eigenvalue weighted by atomic mass is 10.2. The fraction of sp³-hybridized carbons (Fsp3) is 0.0526. The molecule has 0 aliphatic carbocycles. The van der Waals surface area contributed by atoms with Crippen molar-refractivity contribution in [1.82, 2.24) is 19.5 Å². The largest absolute Gasteiger partial charge is 0.508 e. The van der Waals surface area contributed by atoms with Gasteiger partial charge in [0.15, 0.2) is 11.6 Å². The molecule has 2 heterocycles. The van der Waals surface area contributed by atoms with Gasteiger partial charge in [-0.1, -0.05) is 6.07 Å². The van der Waals surface area contributed by atoms with Crippen LogP contribution in [0.5, 0.6) is 5.75 Å². The van der Waals surface area contributed by atoms with Crippen LogP contribution in [-0.2, 0) is 6.18 Å². The zero-order valence-corrected chi connectivity index (χ0v) is 15.2. The Morgan fingerprint density at radius 3 is 2.35 bits per heavy atom. The summed E-state index contributed by atoms with van der Waals surface area (Å²) in [5.41, 5.74) is -0.963. The van der Waals surface area contributed by atoms with Crippen molar-refractivity contribution >= 4 is 22.8 Å². The molecule has 31 heavy (non-hydrogen) atoms. The number of hydrogen-bond acceptors (Lipinski definition) is 5. The number of carbonyl (C=O) groups excluding carboxylic acids is 1. The molecule has 7 nitrogen and oxygen atoms in total. The molecule has 0 aliphatic rings. The van der Waals surface area contributed by atoms with E-state index in [0.29, 0.717) is 4.57 Å². The van der Waals surface area contributed by atoms with Crippen LogP contribution in [0.25, 0.3) is 16.9 Å². The van der Waals surface area contributed by atoms with Crippen LogP contribution in [0.1, 0.15) is 16.2 Å². The summed E-state index contributed by atoms with van der Waals surface area (Å²) in [4.78, 5) is 23.3. The molecule has 158 valence electrons. The first-order chi connectivity index (χ1) is 14.6. The quantitative estimate of drug-likeness (QED) is 0.474. The number of nitrogens with zero attached hydrogens (tertiary/aromatic N) is 4. The Labute approximate surface area is 169 Å². The predicted molar refractivity (Wildman–Crippen MR) is 97.6 cm³/mol. The number of hydrogen-bond donors (Lipinski definition) is 2. The molecule has 0 saturated heterocycles. The molecule has 0 radical (unpaired) electrons. The fourth-order valence-electron chi connectivity index (χ4n) is 2.88. The number of phenols is 1. The molecule has 0 unspecified atom stereocenters. The van der Waals surface area contributed by atoms with Gasteiger partial charge >= 0.3 is 6.18 Å². The van der Waals surface area contributed by atoms with Gasteiger partial charge in [-0.3, -0.25) is 9.36 Å². The average molecular weight is 435 g/mol. The topological polar surface area (TPSA) is 92.9 Å². The molecular weight excluding hydrogens is 425 g/mol. The molecule has 0 bridgehead atoms. The molecule has 0 aliphatic heterocycles. The minimum atomic E-state index is -4.84. The summed E-state index contributed by atoms with van der Waals surface area (Å²) in [5, 5.41) is 11.8. The summed E-state index contributed by atoms with van der Waals surface area (Å²) < 4.78 is 68.5. The Kier molecular flexibility index (Phi) is 4.76. The van der Waals surface area contributed by atoms with E-state index in [0.717, 1.165) is 36.7 Å². The maximum atomic E-state index is 13.7. The van der Waals surface area contributed by atoms with Gasteiger partial charge < -0.3 is 10.4 Å². The Morgan fingerprint density at radius 2 is 1.74 bits per heavy atom. The van der Waals surface area contributed by atoms with Gasteiger partial charge in [0.1, 0.15) is 22.9 Å². The van der Waals surface area contributed by atoms with Gasteiger partial charge in [0, 0.05) is 6.07 Å². The van der Waals surface area contributed by atoms with Crippen LogP contribution in [0, 0.1) is 11.6 Å². The van der Waals surface area contributed by atoms with Crippen molar-refractivity contribution < 1.29 is 31.9 Å². The molecule has 0 saturated carbocycles. The third kappa shape index (κ3) is 3.74. The standard InChI is InChI=1S/C19H10F5N5O2/c20-10-2-1-3-11(21)16(10)17(31)28-14-7-26-15(8-25-14)29-13-6-9(30)4-5-12(13)27-18(29)19(22,23)24/h1-8,30H,(H,25,28,31). The highest BCUT2D eigenvalue weighted by molar-refractivity contribution is 6.04. The van der Waals surface area contributed by atoms with Crippen LogP contribution < -0.4 is 5.32 Å². The molecule has 2 N–H and O–H groups in total. The zero-order valence-electron chi connectivity index (χ0n) is 15.2. The molecule has 0 spiro atoms. The summed E-state index contributed by atoms with van der Waals surface area (Å²) in [6.07, 6.45) is -3.01. The van der Waals surface area contributed by atoms with Crippen LogP contribution in [0.3, 0.4) is 0 Å². The van der Waals surface area contributed by atoms with Gasteiger partial charge in [-0.15, -0.1) is 0 Å². The van der Waals surface area contributed by atoms with Crippen molar-refractivity contribution in [2.45, 2.75) is 6.18 Å². The monoisotopic (exact) mass is 435 g/mol. The molecule has 12 heteroatoms. The zero-order chi connectivity index (χ0) is 22.3. The fourth-order valence-corrected chi connectivity index (χ4v) is 2.88. The van der Waals surface area contributed by atoms with Gasteiger partial charge in [-0.05, 0) is 24.3 Å². The Hall–Kier alpha value is -4.09. The molecule has 0 fully saturated rings. The second-order valence-corrected chi connectivity index (χ2v) is 6.25. The normalized spacial score (nSPS) is 11.6. The van der Waals surface area contributed by atoms with Crippen molar-refractivity contribution in [1.29, 1.82) is 0 Å². The van der Waals surface area contributed by atoms with Crippen molar-refractivity contribution in [3.8, 4) is 11.6 Å². The first-order valence-corrected chi connectivity index (χ1v) is 8.51. The molecule has 1 amide bonds. The number of phenolic OH excluding ortho intramolecular Hbond substituents is 1. The summed E-state index contributed by atoms with van der Waals surface area (Å²) >= 11 is 0. The molecular formula is C19H10F5N5O2. The molecule has 0 atom stereocenters. The highest BCUT2D eigenvalue weighted by Gasteiger charge is 2.38. The van der Waals surface area contributed by atoms with E-state index in [-0.39, 0.29) is 28.4 Å². The summed E-state index contributed by atoms with van der Waals surface area (Å²) in [6.45, 7) is 0. The number of aromatic hydroxyl groups is 1. The van der Waals surface area contributed by atoms with Crippen LogP contribution in [0.15, 0.2) is 48.8 Å². The van der Waals surface area contributed by atoms with E-state index in [2.05, 4.69) is 20.3 Å². The van der Waals surface area contributed by atoms with Crippen molar-refractivity contribution in [3.05, 3.63) is 71.8 Å². The van der Waals surface area contributed by atoms with E-state index >= 15 is 0 Å². The number of benzene rings is 2. The number of amides is 1. The average Bonchev–Trinajstić information content (AvgIpc) is 3.07. The van der Waals surface area contributed by atoms with Crippen LogP contribution in [0.2, 0.25) is 0 Å². The van der Waals surface area contributed by atoms with E-state index in [1.54, 1.807) is 0 Å². The van der Waals surface area contributed by atoms with Gasteiger partial charge in [0.05, 0.1) is 23.4 Å². The number of carbonyl (C=O) groups is 1. The highest BCUT2D eigenvalue weighted by atomic mass is 19.4. The van der Waals surface area contributed by atoms with Crippen molar-refractivity contribution in [2.24, 2.45) is 0 Å². The number of nitrogens with one attached hydrogen (secondary N) is 1. The van der Waals surface area contributed by atoms with E-state index in [9.17, 15) is 31.9 Å². The SMILES string of the molecule is O=C(Nc1cnc(-n2c(C(F)(F)F)nc3ccc(O)cc32)cn1)c1c(F)cccc1F. The predicted octanol–water partition coefficient (Wildman–Crippen LogP) is 4.07. The minimum absolute atomic E-state index is 0.0423. The third-order valence-electron chi connectivity index (χ3n) is 4.19. The Morgan fingerprint density at radius 1 is 1.03 bits per heavy atom. The van der Waals surface area contributed by atoms with E-state index < -0.39 is 35.1 Å². The molecule has 4 rings (SSSR count). The van der Waals surface area contributed by atoms with Crippen molar-refractivity contribution in [2.75, 3.05) is 5.32 Å². The molecule has 2 aromatic heterocycles. The van der Waals surface area contributed by atoms with Crippen LogP contribution >= 0.6 is 0 Å². The summed E-state index contributed by atoms with van der Waals surface area (Å²) in [5.74, 6) is -5.48. The number of rotatable bonds is 3. The van der Waals surface area contributed by atoms with E-state index in [4.69, 9.17) is 0 Å². The third-order valence-corrected chi connectivity index (χ3v) is 4.19. The van der Waals surface area contributed by atoms with Gasteiger partial charge in [-0.2, -0.15) is 13.2 Å². The Bertz CT molecular complexity index is 1280. The maximum Gasteiger partial charge on any atom is 0.450 e. The van der Waals surface area contributed by atoms with Crippen LogP contribution in [-0.4, -0.2) is 30.5 Å². The van der Waals surface area contributed by atoms with Crippen molar-refractivity contribution in [3.63, 3.8) is 0 Å². The van der Waals surface area contributed by atoms with E-state index in [1.807, 2.05) is 0 Å². The number of alkyl halides is 3. The highest BCUT2D eigenvalue weighted by Crippen LogP contribution is 2.34. The second-order valence-electron chi connectivity index (χ2n) is 6.25. The summed E-state index contributed by atoms with van der Waals surface area (Å²) in [6, 6.07) is 6.35. The number of halogens is 5. The van der Waals surface area contributed by atoms with Gasteiger partial charge in [0.2, 0.25) is 5.82 Å². The Balaban J connectivity index is 1.71. The van der Waals surface area contributed by atoms with E-state index in [1.165, 1.54) is 12.1 Å². The lowest BCUT2D eigenvalue weighted by molar-refractivity contribution is -0.145. The molecule has 2 aromatic carbocycles. The summed E-state index contributed by atoms with van der Waals surface area (Å²) in [7, 11) is 0. The first-order valence-electron chi connectivity index (χ1n) is 8.51. The van der Waals surface area contributed by atoms with Crippen LogP contribution in [0.4, 0.5) is 27.8 Å². The second kappa shape index (κ2) is 7.31. The smallest absolute Gasteiger partial charge is 0.450 e. The minimum Gasteiger partial charge on any atom is -0.508 e. The maximum absolute atomic E-state index is 13.7. The number of aromatic nitrogens is 4. The number of imidazole rings is 1. The number of anilines is 1. The lowest BCUT2D eigenvalue weighted by Gasteiger charge is -2.11. The molecule has 4 aromatic rings. The lowest BCUT2D eigenvalue weighted by Crippen LogP contribution is -2.18. The number of fused-ring (bicyclic) bond motifs is 1. The van der Waals surface area contributed by atoms with Gasteiger partial charge in [0.25, 0.3) is 5.91 Å². The van der Waals surface area contributed by atoms with Gasteiger partial charge in [-0.25, -0.2) is 23.7 Å².